The predicted octanol–water partition coefficient (Wildman–Crippen LogP) is 6.04. The second-order valence-electron chi connectivity index (χ2n) is 9.99. The van der Waals surface area contributed by atoms with Gasteiger partial charge in [0.15, 0.2) is 0 Å². The fraction of sp³-hybridized carbons (Fsp3) is 0.414. The topological polar surface area (TPSA) is 35.8 Å². The molecular weight excluding hydrogens is 439 g/mol. The second-order valence-corrected chi connectivity index (χ2v) is 9.99. The zero-order chi connectivity index (χ0) is 23.8. The Morgan fingerprint density at radius 1 is 0.971 bits per heavy atom. The van der Waals surface area contributed by atoms with Gasteiger partial charge >= 0.3 is 0 Å². The lowest BCUT2D eigenvalue weighted by atomic mass is 10.1. The summed E-state index contributed by atoms with van der Waals surface area (Å²) >= 11 is 0. The van der Waals surface area contributed by atoms with Gasteiger partial charge in [-0.25, -0.2) is 4.39 Å². The van der Waals surface area contributed by atoms with Crippen LogP contribution in [0.25, 0.3) is 23.1 Å². The summed E-state index contributed by atoms with van der Waals surface area (Å²) in [5, 5.41) is 1.25. The molecule has 2 fully saturated rings. The molecule has 2 saturated heterocycles. The Kier molecular flexibility index (Phi) is 6.06. The van der Waals surface area contributed by atoms with E-state index in [1.54, 1.807) is 12.3 Å². The average Bonchev–Trinajstić information content (AvgIpc) is 3.03. The number of aryl methyl sites for hydroxylation is 1. The number of allylic oxidation sites excluding steroid dienone is 2. The number of rotatable bonds is 3. The van der Waals surface area contributed by atoms with Crippen LogP contribution in [0.3, 0.4) is 0 Å². The Hall–Kier alpha value is -3.12. The van der Waals surface area contributed by atoms with Crippen LogP contribution in [0.2, 0.25) is 0 Å². The van der Waals surface area contributed by atoms with Gasteiger partial charge in [0.25, 0.3) is 0 Å². The zero-order valence-electron chi connectivity index (χ0n) is 20.4. The van der Waals surface area contributed by atoms with Gasteiger partial charge in [-0.3, -0.25) is 9.88 Å². The molecule has 1 aromatic carbocycles. The van der Waals surface area contributed by atoms with Crippen LogP contribution in [0.1, 0.15) is 42.6 Å². The van der Waals surface area contributed by atoms with E-state index >= 15 is 0 Å². The van der Waals surface area contributed by atoms with E-state index in [2.05, 4.69) is 39.8 Å². The standard InChI is InChI=1S/C29H33FN4O/c1-21-9-10-26(29-24(21)7-3-12-31-29)33-13-4-6-23(11-14-33)32-15-17-34(18-16-32)27-20-35-28-8-2-5-22(30)19-25(27)28/h2-3,7-10,12,19-20,23H,4-6,11,13-18H2,1H3. The van der Waals surface area contributed by atoms with Gasteiger partial charge < -0.3 is 14.2 Å². The molecule has 182 valence electrons. The average molecular weight is 473 g/mol. The van der Waals surface area contributed by atoms with Crippen LogP contribution in [0.5, 0.6) is 0 Å². The highest BCUT2D eigenvalue weighted by Crippen LogP contribution is 2.34. The van der Waals surface area contributed by atoms with Gasteiger partial charge in [0, 0.05) is 68.9 Å². The maximum atomic E-state index is 14.1. The first-order valence-corrected chi connectivity index (χ1v) is 12.9. The van der Waals surface area contributed by atoms with Crippen molar-refractivity contribution in [2.75, 3.05) is 49.1 Å². The molecule has 1 aliphatic carbocycles. The van der Waals surface area contributed by atoms with E-state index in [0.717, 1.165) is 61.8 Å². The van der Waals surface area contributed by atoms with Crippen molar-refractivity contribution in [3.05, 3.63) is 65.5 Å². The summed E-state index contributed by atoms with van der Waals surface area (Å²) in [4.78, 5) is 12.3. The highest BCUT2D eigenvalue weighted by molar-refractivity contribution is 5.93. The van der Waals surface area contributed by atoms with Crippen LogP contribution in [0, 0.1) is 6.92 Å². The summed E-state index contributed by atoms with van der Waals surface area (Å²) in [5.74, 6) is 0.651. The van der Waals surface area contributed by atoms with Crippen LogP contribution >= 0.6 is 0 Å². The summed E-state index contributed by atoms with van der Waals surface area (Å²) in [6, 6.07) is 9.30. The maximum absolute atomic E-state index is 14.1. The number of pyridine rings is 1. The number of aromatic nitrogens is 1. The Bertz CT molecular complexity index is 1270. The molecule has 0 N–H and O–H groups in total. The van der Waals surface area contributed by atoms with Crippen molar-refractivity contribution in [1.29, 1.82) is 0 Å². The molecule has 1 atom stereocenters. The van der Waals surface area contributed by atoms with Gasteiger partial charge in [-0.2, -0.15) is 0 Å². The maximum Gasteiger partial charge on any atom is 0.135 e. The van der Waals surface area contributed by atoms with E-state index in [-0.39, 0.29) is 5.83 Å². The van der Waals surface area contributed by atoms with Crippen molar-refractivity contribution in [3.8, 4) is 0 Å². The third kappa shape index (κ3) is 4.36. The molecule has 6 heteroatoms. The molecule has 2 aromatic heterocycles. The van der Waals surface area contributed by atoms with Gasteiger partial charge in [0.05, 0.1) is 16.9 Å². The lowest BCUT2D eigenvalue weighted by molar-refractivity contribution is 0.172. The molecule has 35 heavy (non-hydrogen) atoms. The van der Waals surface area contributed by atoms with Gasteiger partial charge in [0.1, 0.15) is 17.9 Å². The third-order valence-electron chi connectivity index (χ3n) is 7.90. The number of furan rings is 1. The molecule has 0 saturated carbocycles. The number of anilines is 2. The SMILES string of the molecule is Cc1ccc(N2CCCC(N3CCN(c4coc5c4C=C(F)CC=C5)CC3)CC2)c2ncccc12. The molecule has 3 aromatic rings. The third-order valence-corrected chi connectivity index (χ3v) is 7.90. The minimum atomic E-state index is -0.110. The monoisotopic (exact) mass is 472 g/mol. The molecule has 6 rings (SSSR count). The minimum Gasteiger partial charge on any atom is -0.462 e. The molecule has 0 bridgehead atoms. The normalized spacial score (nSPS) is 21.5. The first-order chi connectivity index (χ1) is 17.2. The first-order valence-electron chi connectivity index (χ1n) is 12.9. The molecule has 0 spiro atoms. The number of benzene rings is 1. The van der Waals surface area contributed by atoms with Gasteiger partial charge in [0.2, 0.25) is 0 Å². The Morgan fingerprint density at radius 3 is 2.71 bits per heavy atom. The van der Waals surface area contributed by atoms with Crippen molar-refractivity contribution in [2.45, 2.75) is 38.6 Å². The summed E-state index contributed by atoms with van der Waals surface area (Å²) in [6.45, 7) is 8.25. The van der Waals surface area contributed by atoms with E-state index in [1.165, 1.54) is 35.9 Å². The lowest BCUT2D eigenvalue weighted by Gasteiger charge is -2.40. The zero-order valence-corrected chi connectivity index (χ0v) is 20.4. The van der Waals surface area contributed by atoms with Crippen LogP contribution in [-0.2, 0) is 0 Å². The van der Waals surface area contributed by atoms with Gasteiger partial charge in [-0.1, -0.05) is 18.2 Å². The molecule has 3 aliphatic rings. The van der Waals surface area contributed by atoms with Crippen molar-refractivity contribution < 1.29 is 8.81 Å². The number of fused-ring (bicyclic) bond motifs is 2. The smallest absolute Gasteiger partial charge is 0.135 e. The number of hydrogen-bond donors (Lipinski definition) is 0. The number of halogens is 1. The Morgan fingerprint density at radius 2 is 1.83 bits per heavy atom. The van der Waals surface area contributed by atoms with E-state index < -0.39 is 0 Å². The van der Waals surface area contributed by atoms with E-state index in [4.69, 9.17) is 9.40 Å². The van der Waals surface area contributed by atoms with Gasteiger partial charge in [-0.15, -0.1) is 0 Å². The van der Waals surface area contributed by atoms with Crippen LogP contribution in [0.15, 0.2) is 53.0 Å². The second kappa shape index (κ2) is 9.50. The Balaban J connectivity index is 1.11. The summed E-state index contributed by atoms with van der Waals surface area (Å²) < 4.78 is 19.8. The summed E-state index contributed by atoms with van der Waals surface area (Å²) in [7, 11) is 0. The highest BCUT2D eigenvalue weighted by Gasteiger charge is 2.28. The fourth-order valence-corrected chi connectivity index (χ4v) is 5.95. The van der Waals surface area contributed by atoms with Crippen LogP contribution < -0.4 is 9.80 Å². The van der Waals surface area contributed by atoms with E-state index in [0.29, 0.717) is 12.5 Å². The van der Waals surface area contributed by atoms with Crippen molar-refractivity contribution in [3.63, 3.8) is 0 Å². The predicted molar refractivity (Wildman–Crippen MR) is 142 cm³/mol. The molecular formula is C29H33FN4O. The number of piperazine rings is 1. The number of hydrogen-bond acceptors (Lipinski definition) is 5. The summed E-state index contributed by atoms with van der Waals surface area (Å²) in [5.41, 5.74) is 5.58. The number of nitrogens with zero attached hydrogens (tertiary/aromatic N) is 4. The quantitative estimate of drug-likeness (QED) is 0.464. The lowest BCUT2D eigenvalue weighted by Crippen LogP contribution is -2.50. The van der Waals surface area contributed by atoms with Crippen molar-refractivity contribution in [2.24, 2.45) is 0 Å². The largest absolute Gasteiger partial charge is 0.462 e. The molecule has 2 aliphatic heterocycles. The van der Waals surface area contributed by atoms with Crippen molar-refractivity contribution in [1.82, 2.24) is 9.88 Å². The molecule has 0 amide bonds. The van der Waals surface area contributed by atoms with Crippen molar-refractivity contribution >= 4 is 34.4 Å². The fourth-order valence-electron chi connectivity index (χ4n) is 5.95. The Labute approximate surface area is 206 Å². The van der Waals surface area contributed by atoms with E-state index in [9.17, 15) is 4.39 Å². The highest BCUT2D eigenvalue weighted by atomic mass is 19.1. The molecule has 0 radical (unpaired) electrons. The first kappa shape index (κ1) is 22.4. The molecule has 4 heterocycles. The van der Waals surface area contributed by atoms with E-state index in [1.807, 2.05) is 24.4 Å². The molecule has 1 unspecified atom stereocenters. The van der Waals surface area contributed by atoms with Crippen LogP contribution in [0.4, 0.5) is 15.8 Å². The summed E-state index contributed by atoms with van der Waals surface area (Å²) in [6.07, 6.45) is 13.0. The van der Waals surface area contributed by atoms with Gasteiger partial charge in [-0.05, 0) is 56.0 Å². The van der Waals surface area contributed by atoms with Crippen LogP contribution in [-0.4, -0.2) is 55.2 Å². The molecule has 5 nitrogen and oxygen atoms in total. The minimum absolute atomic E-state index is 0.110.